The Morgan fingerprint density at radius 3 is 2.55 bits per heavy atom. The van der Waals surface area contributed by atoms with E-state index in [9.17, 15) is 22.8 Å². The standard InChI is InChI=1S/C22H21F3N2O2/c1-2-11-27(19-9-4-3-5-10-19)21(29)17-13-20(28)26(15-17)14-16-7-6-8-18(12-16)22(23,24)25/h2-10,12,17H,1,11,13-15H2. The maximum atomic E-state index is 13.0. The van der Waals surface area contributed by atoms with Gasteiger partial charge in [-0.15, -0.1) is 6.58 Å². The number of alkyl halides is 3. The Labute approximate surface area is 167 Å². The van der Waals surface area contributed by atoms with Gasteiger partial charge in [-0.3, -0.25) is 9.59 Å². The van der Waals surface area contributed by atoms with Crippen LogP contribution in [0, 0.1) is 5.92 Å². The molecule has 0 radical (unpaired) electrons. The lowest BCUT2D eigenvalue weighted by Crippen LogP contribution is -2.37. The van der Waals surface area contributed by atoms with Gasteiger partial charge in [0.1, 0.15) is 0 Å². The van der Waals surface area contributed by atoms with Gasteiger partial charge in [0.15, 0.2) is 0 Å². The van der Waals surface area contributed by atoms with Gasteiger partial charge in [-0.05, 0) is 29.8 Å². The quantitative estimate of drug-likeness (QED) is 0.677. The van der Waals surface area contributed by atoms with Crippen LogP contribution in [0.2, 0.25) is 0 Å². The third kappa shape index (κ3) is 4.85. The molecule has 1 aliphatic heterocycles. The molecule has 1 saturated heterocycles. The highest BCUT2D eigenvalue weighted by Gasteiger charge is 2.37. The number of carbonyl (C=O) groups is 2. The van der Waals surface area contributed by atoms with Crippen molar-refractivity contribution in [2.75, 3.05) is 18.0 Å². The summed E-state index contributed by atoms with van der Waals surface area (Å²) < 4.78 is 38.7. The second-order valence-corrected chi connectivity index (χ2v) is 6.95. The summed E-state index contributed by atoms with van der Waals surface area (Å²) in [5, 5.41) is 0. The molecule has 2 aromatic rings. The van der Waals surface area contributed by atoms with Gasteiger partial charge in [0, 0.05) is 31.7 Å². The molecule has 1 heterocycles. The van der Waals surface area contributed by atoms with Crippen molar-refractivity contribution in [1.29, 1.82) is 0 Å². The van der Waals surface area contributed by atoms with Crippen molar-refractivity contribution in [2.24, 2.45) is 5.92 Å². The number of likely N-dealkylation sites (tertiary alicyclic amines) is 1. The number of hydrogen-bond donors (Lipinski definition) is 0. The van der Waals surface area contributed by atoms with E-state index in [1.54, 1.807) is 29.2 Å². The molecule has 7 heteroatoms. The van der Waals surface area contributed by atoms with E-state index >= 15 is 0 Å². The molecular formula is C22H21F3N2O2. The number of carbonyl (C=O) groups excluding carboxylic acids is 2. The van der Waals surface area contributed by atoms with Crippen molar-refractivity contribution in [3.05, 3.63) is 78.4 Å². The van der Waals surface area contributed by atoms with E-state index in [1.807, 2.05) is 18.2 Å². The van der Waals surface area contributed by atoms with Crippen LogP contribution in [0.3, 0.4) is 0 Å². The van der Waals surface area contributed by atoms with E-state index in [4.69, 9.17) is 0 Å². The summed E-state index contributed by atoms with van der Waals surface area (Å²) in [6.45, 7) is 4.21. The van der Waals surface area contributed by atoms with Crippen LogP contribution in [-0.2, 0) is 22.3 Å². The molecule has 3 rings (SSSR count). The molecule has 2 amide bonds. The second kappa shape index (κ2) is 8.51. The summed E-state index contributed by atoms with van der Waals surface area (Å²) in [4.78, 5) is 28.4. The molecule has 0 spiro atoms. The van der Waals surface area contributed by atoms with Crippen LogP contribution in [0.4, 0.5) is 18.9 Å². The van der Waals surface area contributed by atoms with Crippen molar-refractivity contribution in [3.8, 4) is 0 Å². The van der Waals surface area contributed by atoms with Crippen LogP contribution < -0.4 is 4.90 Å². The highest BCUT2D eigenvalue weighted by molar-refractivity contribution is 5.99. The van der Waals surface area contributed by atoms with Crippen LogP contribution in [0.25, 0.3) is 0 Å². The van der Waals surface area contributed by atoms with Gasteiger partial charge < -0.3 is 9.80 Å². The van der Waals surface area contributed by atoms with Crippen molar-refractivity contribution in [2.45, 2.75) is 19.1 Å². The number of nitrogens with zero attached hydrogens (tertiary/aromatic N) is 2. The molecule has 0 aliphatic carbocycles. The number of amides is 2. The molecule has 2 aromatic carbocycles. The molecule has 4 nitrogen and oxygen atoms in total. The minimum absolute atomic E-state index is 0.0400. The van der Waals surface area contributed by atoms with E-state index in [1.165, 1.54) is 11.0 Å². The van der Waals surface area contributed by atoms with E-state index < -0.39 is 17.7 Å². The lowest BCUT2D eigenvalue weighted by molar-refractivity contribution is -0.137. The van der Waals surface area contributed by atoms with Crippen molar-refractivity contribution in [3.63, 3.8) is 0 Å². The molecular weight excluding hydrogens is 381 g/mol. The first-order valence-corrected chi connectivity index (χ1v) is 9.21. The maximum Gasteiger partial charge on any atom is 0.416 e. The number of halogens is 3. The third-order valence-electron chi connectivity index (χ3n) is 4.84. The monoisotopic (exact) mass is 402 g/mol. The molecule has 1 atom stereocenters. The second-order valence-electron chi connectivity index (χ2n) is 6.95. The number of benzene rings is 2. The summed E-state index contributed by atoms with van der Waals surface area (Å²) in [6, 6.07) is 14.0. The zero-order chi connectivity index (χ0) is 21.0. The van der Waals surface area contributed by atoms with Gasteiger partial charge in [-0.2, -0.15) is 13.2 Å². The van der Waals surface area contributed by atoms with Gasteiger partial charge in [0.25, 0.3) is 0 Å². The Morgan fingerprint density at radius 1 is 1.17 bits per heavy atom. The summed E-state index contributed by atoms with van der Waals surface area (Å²) >= 11 is 0. The minimum atomic E-state index is -4.44. The highest BCUT2D eigenvalue weighted by atomic mass is 19.4. The molecule has 1 unspecified atom stereocenters. The minimum Gasteiger partial charge on any atom is -0.338 e. The average molecular weight is 402 g/mol. The van der Waals surface area contributed by atoms with Crippen LogP contribution in [0.5, 0.6) is 0 Å². The molecule has 152 valence electrons. The summed E-state index contributed by atoms with van der Waals surface area (Å²) in [6.07, 6.45) is -2.79. The summed E-state index contributed by atoms with van der Waals surface area (Å²) in [5.74, 6) is -0.989. The Hall–Kier alpha value is -3.09. The molecule has 1 fully saturated rings. The Kier molecular flexibility index (Phi) is 6.06. The average Bonchev–Trinajstić information content (AvgIpc) is 3.06. The first-order valence-electron chi connectivity index (χ1n) is 9.21. The zero-order valence-electron chi connectivity index (χ0n) is 15.7. The molecule has 1 aliphatic rings. The first kappa shape index (κ1) is 20.6. The lowest BCUT2D eigenvalue weighted by atomic mass is 10.1. The maximum absolute atomic E-state index is 13.0. The van der Waals surface area contributed by atoms with Crippen molar-refractivity contribution < 1.29 is 22.8 Å². The third-order valence-corrected chi connectivity index (χ3v) is 4.84. The number of anilines is 1. The predicted octanol–water partition coefficient (Wildman–Crippen LogP) is 4.27. The van der Waals surface area contributed by atoms with E-state index in [0.29, 0.717) is 17.8 Å². The molecule has 29 heavy (non-hydrogen) atoms. The normalized spacial score (nSPS) is 16.7. The molecule has 0 aromatic heterocycles. The predicted molar refractivity (Wildman–Crippen MR) is 104 cm³/mol. The van der Waals surface area contributed by atoms with Crippen molar-refractivity contribution in [1.82, 2.24) is 4.90 Å². The molecule has 0 saturated carbocycles. The highest BCUT2D eigenvalue weighted by Crippen LogP contribution is 2.30. The van der Waals surface area contributed by atoms with Crippen LogP contribution in [0.1, 0.15) is 17.5 Å². The topological polar surface area (TPSA) is 40.6 Å². The molecule has 0 bridgehead atoms. The Morgan fingerprint density at radius 2 is 1.90 bits per heavy atom. The van der Waals surface area contributed by atoms with E-state index in [2.05, 4.69) is 6.58 Å². The Bertz CT molecular complexity index is 896. The van der Waals surface area contributed by atoms with Crippen LogP contribution >= 0.6 is 0 Å². The fourth-order valence-corrected chi connectivity index (χ4v) is 3.44. The molecule has 0 N–H and O–H groups in total. The smallest absolute Gasteiger partial charge is 0.338 e. The summed E-state index contributed by atoms with van der Waals surface area (Å²) in [5.41, 5.74) is 0.337. The largest absolute Gasteiger partial charge is 0.416 e. The van der Waals surface area contributed by atoms with Gasteiger partial charge in [-0.1, -0.05) is 36.4 Å². The first-order chi connectivity index (χ1) is 13.8. The summed E-state index contributed by atoms with van der Waals surface area (Å²) in [7, 11) is 0. The SMILES string of the molecule is C=CCN(C(=O)C1CC(=O)N(Cc2cccc(C(F)(F)F)c2)C1)c1ccccc1. The van der Waals surface area contributed by atoms with E-state index in [-0.39, 0.29) is 31.3 Å². The Balaban J connectivity index is 1.72. The fraction of sp³-hybridized carbons (Fsp3) is 0.273. The number of hydrogen-bond acceptors (Lipinski definition) is 2. The van der Waals surface area contributed by atoms with Crippen LogP contribution in [0.15, 0.2) is 67.3 Å². The van der Waals surface area contributed by atoms with Crippen molar-refractivity contribution >= 4 is 17.5 Å². The van der Waals surface area contributed by atoms with Crippen LogP contribution in [-0.4, -0.2) is 29.8 Å². The van der Waals surface area contributed by atoms with Gasteiger partial charge >= 0.3 is 6.18 Å². The van der Waals surface area contributed by atoms with Gasteiger partial charge in [-0.25, -0.2) is 0 Å². The number of para-hydroxylation sites is 1. The van der Waals surface area contributed by atoms with E-state index in [0.717, 1.165) is 12.1 Å². The van der Waals surface area contributed by atoms with Gasteiger partial charge in [0.2, 0.25) is 11.8 Å². The lowest BCUT2D eigenvalue weighted by Gasteiger charge is -2.24. The zero-order valence-corrected chi connectivity index (χ0v) is 15.7. The fourth-order valence-electron chi connectivity index (χ4n) is 3.44. The van der Waals surface area contributed by atoms with Gasteiger partial charge in [0.05, 0.1) is 11.5 Å². The number of rotatable bonds is 6.